The highest BCUT2D eigenvalue weighted by molar-refractivity contribution is 5.76. The SMILES string of the molecule is C[C@]12CC[C@@H]3c4ccc(O)cc4CC[C@H]3[C@@H]1CCC2OC(=O)CCC(=O)O. The molecule has 5 nitrogen and oxygen atoms in total. The lowest BCUT2D eigenvalue weighted by Crippen LogP contribution is -2.45. The summed E-state index contributed by atoms with van der Waals surface area (Å²) in [7, 11) is 0. The van der Waals surface area contributed by atoms with E-state index in [4.69, 9.17) is 9.84 Å². The number of ether oxygens (including phenoxy) is 1. The van der Waals surface area contributed by atoms with E-state index in [9.17, 15) is 14.7 Å². The fourth-order valence-corrected chi connectivity index (χ4v) is 6.14. The predicted octanol–water partition coefficient (Wildman–Crippen LogP) is 4.02. The van der Waals surface area contributed by atoms with Gasteiger partial charge in [0.25, 0.3) is 0 Å². The van der Waals surface area contributed by atoms with E-state index in [0.717, 1.165) is 38.5 Å². The van der Waals surface area contributed by atoms with Gasteiger partial charge in [0.1, 0.15) is 11.9 Å². The predicted molar refractivity (Wildman–Crippen MR) is 99.5 cm³/mol. The van der Waals surface area contributed by atoms with Gasteiger partial charge in [0, 0.05) is 5.41 Å². The fraction of sp³-hybridized carbons (Fsp3) is 0.636. The number of phenolic OH excluding ortho intramolecular Hbond substituents is 1. The standard InChI is InChI=1S/C22H28O5/c1-22-11-10-16-15-5-3-14(23)12-13(15)2-4-17(16)18(22)6-7-19(22)27-21(26)9-8-20(24)25/h3,5,12,16-19,23H,2,4,6-11H2,1H3,(H,24,25)/t16-,17-,18+,19?,22+/m1/s1. The molecule has 3 aliphatic carbocycles. The Labute approximate surface area is 159 Å². The minimum atomic E-state index is -0.963. The molecule has 1 aromatic carbocycles. The number of carbonyl (C=O) groups excluding carboxylic acids is 1. The maximum absolute atomic E-state index is 12.1. The highest BCUT2D eigenvalue weighted by Gasteiger charge is 2.56. The number of benzene rings is 1. The van der Waals surface area contributed by atoms with E-state index in [0.29, 0.717) is 23.5 Å². The molecule has 2 saturated carbocycles. The van der Waals surface area contributed by atoms with Crippen molar-refractivity contribution in [3.8, 4) is 5.75 Å². The number of aryl methyl sites for hydroxylation is 1. The van der Waals surface area contributed by atoms with Crippen molar-refractivity contribution in [1.82, 2.24) is 0 Å². The highest BCUT2D eigenvalue weighted by Crippen LogP contribution is 2.61. The molecule has 0 saturated heterocycles. The molecule has 1 unspecified atom stereocenters. The maximum Gasteiger partial charge on any atom is 0.306 e. The van der Waals surface area contributed by atoms with Crippen LogP contribution in [-0.4, -0.2) is 28.3 Å². The molecule has 0 radical (unpaired) electrons. The average molecular weight is 372 g/mol. The topological polar surface area (TPSA) is 83.8 Å². The van der Waals surface area contributed by atoms with Gasteiger partial charge in [-0.3, -0.25) is 9.59 Å². The number of phenols is 1. The number of esters is 1. The minimum absolute atomic E-state index is 0.00548. The van der Waals surface area contributed by atoms with Crippen molar-refractivity contribution in [1.29, 1.82) is 0 Å². The zero-order valence-corrected chi connectivity index (χ0v) is 15.8. The van der Waals surface area contributed by atoms with Crippen LogP contribution in [0.5, 0.6) is 5.75 Å². The monoisotopic (exact) mass is 372 g/mol. The van der Waals surface area contributed by atoms with Crippen LogP contribution in [-0.2, 0) is 20.7 Å². The van der Waals surface area contributed by atoms with Crippen LogP contribution in [0.25, 0.3) is 0 Å². The number of carboxylic acids is 1. The number of fused-ring (bicyclic) bond motifs is 5. The third-order valence-corrected chi connectivity index (χ3v) is 7.44. The van der Waals surface area contributed by atoms with Gasteiger partial charge < -0.3 is 14.9 Å². The van der Waals surface area contributed by atoms with Crippen molar-refractivity contribution in [3.05, 3.63) is 29.3 Å². The largest absolute Gasteiger partial charge is 0.508 e. The second-order valence-corrected chi connectivity index (χ2v) is 8.79. The molecule has 1 aromatic rings. The second-order valence-electron chi connectivity index (χ2n) is 8.79. The molecule has 4 rings (SSSR count). The first-order valence-electron chi connectivity index (χ1n) is 10.1. The van der Waals surface area contributed by atoms with Gasteiger partial charge in [0.05, 0.1) is 12.8 Å². The fourth-order valence-electron chi connectivity index (χ4n) is 6.14. The molecule has 0 amide bonds. The number of hydrogen-bond acceptors (Lipinski definition) is 4. The highest BCUT2D eigenvalue weighted by atomic mass is 16.5. The van der Waals surface area contributed by atoms with Crippen LogP contribution in [0, 0.1) is 17.3 Å². The first-order chi connectivity index (χ1) is 12.9. The van der Waals surface area contributed by atoms with Gasteiger partial charge in [-0.1, -0.05) is 13.0 Å². The number of hydrogen-bond donors (Lipinski definition) is 2. The molecule has 0 aliphatic heterocycles. The maximum atomic E-state index is 12.1. The minimum Gasteiger partial charge on any atom is -0.508 e. The number of rotatable bonds is 4. The Bertz CT molecular complexity index is 757. The lowest BCUT2D eigenvalue weighted by atomic mass is 9.55. The van der Waals surface area contributed by atoms with E-state index in [1.54, 1.807) is 6.07 Å². The van der Waals surface area contributed by atoms with E-state index in [1.165, 1.54) is 11.1 Å². The van der Waals surface area contributed by atoms with Crippen LogP contribution in [0.1, 0.15) is 68.9 Å². The van der Waals surface area contributed by atoms with Crippen LogP contribution < -0.4 is 0 Å². The Morgan fingerprint density at radius 2 is 2.00 bits per heavy atom. The second kappa shape index (κ2) is 6.84. The van der Waals surface area contributed by atoms with E-state index < -0.39 is 5.97 Å². The summed E-state index contributed by atoms with van der Waals surface area (Å²) in [5, 5.41) is 18.6. The first-order valence-corrected chi connectivity index (χ1v) is 10.1. The van der Waals surface area contributed by atoms with E-state index in [-0.39, 0.29) is 30.3 Å². The van der Waals surface area contributed by atoms with Gasteiger partial charge in [-0.05, 0) is 79.5 Å². The lowest BCUT2D eigenvalue weighted by Gasteiger charge is -2.50. The normalized spacial score (nSPS) is 34.3. The zero-order chi connectivity index (χ0) is 19.2. The molecule has 0 heterocycles. The summed E-state index contributed by atoms with van der Waals surface area (Å²) < 4.78 is 5.76. The molecule has 0 spiro atoms. The third-order valence-electron chi connectivity index (χ3n) is 7.44. The molecule has 146 valence electrons. The van der Waals surface area contributed by atoms with Crippen LogP contribution >= 0.6 is 0 Å². The van der Waals surface area contributed by atoms with E-state index in [2.05, 4.69) is 13.0 Å². The van der Waals surface area contributed by atoms with Gasteiger partial charge in [0.2, 0.25) is 0 Å². The summed E-state index contributed by atoms with van der Waals surface area (Å²) in [5.41, 5.74) is 2.68. The Morgan fingerprint density at radius 1 is 1.19 bits per heavy atom. The molecule has 3 aliphatic rings. The van der Waals surface area contributed by atoms with Crippen molar-refractivity contribution in [2.45, 2.75) is 70.3 Å². The molecule has 5 atom stereocenters. The van der Waals surface area contributed by atoms with Crippen molar-refractivity contribution >= 4 is 11.9 Å². The van der Waals surface area contributed by atoms with Crippen molar-refractivity contribution in [2.24, 2.45) is 17.3 Å². The summed E-state index contributed by atoms with van der Waals surface area (Å²) in [6.07, 6.45) is 5.88. The summed E-state index contributed by atoms with van der Waals surface area (Å²) in [6.45, 7) is 2.27. The zero-order valence-electron chi connectivity index (χ0n) is 15.8. The number of aliphatic carboxylic acids is 1. The molecular weight excluding hydrogens is 344 g/mol. The molecular formula is C22H28O5. The van der Waals surface area contributed by atoms with Crippen LogP contribution in [0.15, 0.2) is 18.2 Å². The van der Waals surface area contributed by atoms with Gasteiger partial charge in [-0.15, -0.1) is 0 Å². The molecule has 27 heavy (non-hydrogen) atoms. The Kier molecular flexibility index (Phi) is 4.65. The number of carbonyl (C=O) groups is 2. The van der Waals surface area contributed by atoms with Crippen molar-refractivity contribution < 1.29 is 24.5 Å². The summed E-state index contributed by atoms with van der Waals surface area (Å²) in [4.78, 5) is 22.8. The number of aromatic hydroxyl groups is 1. The summed E-state index contributed by atoms with van der Waals surface area (Å²) in [5.74, 6) is 0.681. The molecule has 2 N–H and O–H groups in total. The van der Waals surface area contributed by atoms with E-state index in [1.807, 2.05) is 6.07 Å². The molecule has 5 heteroatoms. The Hall–Kier alpha value is -2.04. The molecule has 0 bridgehead atoms. The van der Waals surface area contributed by atoms with Gasteiger partial charge >= 0.3 is 11.9 Å². The number of carboxylic acid groups (broad SMARTS) is 1. The first kappa shape index (κ1) is 18.3. The van der Waals surface area contributed by atoms with Gasteiger partial charge in [0.15, 0.2) is 0 Å². The van der Waals surface area contributed by atoms with E-state index >= 15 is 0 Å². The Morgan fingerprint density at radius 3 is 2.78 bits per heavy atom. The average Bonchev–Trinajstić information content (AvgIpc) is 2.96. The van der Waals surface area contributed by atoms with Crippen LogP contribution in [0.2, 0.25) is 0 Å². The lowest BCUT2D eigenvalue weighted by molar-refractivity contribution is -0.159. The quantitative estimate of drug-likeness (QED) is 0.780. The smallest absolute Gasteiger partial charge is 0.306 e. The Balaban J connectivity index is 1.49. The van der Waals surface area contributed by atoms with Crippen molar-refractivity contribution in [2.75, 3.05) is 0 Å². The molecule has 0 aromatic heterocycles. The van der Waals surface area contributed by atoms with Crippen LogP contribution in [0.3, 0.4) is 0 Å². The summed E-state index contributed by atoms with van der Waals surface area (Å²) >= 11 is 0. The van der Waals surface area contributed by atoms with Gasteiger partial charge in [-0.25, -0.2) is 0 Å². The third kappa shape index (κ3) is 3.21. The molecule has 2 fully saturated rings. The van der Waals surface area contributed by atoms with Crippen molar-refractivity contribution in [3.63, 3.8) is 0 Å². The van der Waals surface area contributed by atoms with Crippen LogP contribution in [0.4, 0.5) is 0 Å². The summed E-state index contributed by atoms with van der Waals surface area (Å²) in [6, 6.07) is 5.82. The van der Waals surface area contributed by atoms with Gasteiger partial charge in [-0.2, -0.15) is 0 Å².